The van der Waals surface area contributed by atoms with Crippen LogP contribution in [-0.2, 0) is 14.3 Å². The van der Waals surface area contributed by atoms with Crippen LogP contribution >= 0.6 is 0 Å². The number of aliphatic carboxylic acids is 1. The molecule has 1 rings (SSSR count). The fourth-order valence-electron chi connectivity index (χ4n) is 0.921. The maximum Gasteiger partial charge on any atom is 0.325 e. The number of carboxylic acid groups (broad SMARTS) is 1. The van der Waals surface area contributed by atoms with Gasteiger partial charge in [0.1, 0.15) is 17.7 Å². The fraction of sp³-hybridized carbons (Fsp3) is 0.750. The maximum absolute atomic E-state index is 11.2. The number of nitrogens with one attached hydrogen (secondary N) is 1. The largest absolute Gasteiger partial charge is 0.480 e. The van der Waals surface area contributed by atoms with Gasteiger partial charge in [0.05, 0.1) is 0 Å². The molecule has 0 aromatic carbocycles. The molecule has 2 atom stereocenters. The average Bonchev–Trinajstić information content (AvgIpc) is 2.58. The van der Waals surface area contributed by atoms with Crippen LogP contribution in [0.2, 0.25) is 0 Å². The summed E-state index contributed by atoms with van der Waals surface area (Å²) in [7, 11) is 0. The summed E-state index contributed by atoms with van der Waals surface area (Å²) in [5, 5.41) is 11.0. The number of rotatable bonds is 2. The van der Waals surface area contributed by atoms with E-state index in [9.17, 15) is 9.59 Å². The smallest absolute Gasteiger partial charge is 0.325 e. The van der Waals surface area contributed by atoms with Crippen LogP contribution in [0.4, 0.5) is 0 Å². The molecule has 5 nitrogen and oxygen atoms in total. The Hall–Kier alpha value is -1.10. The molecule has 0 aliphatic carbocycles. The van der Waals surface area contributed by atoms with Crippen LogP contribution in [0.1, 0.15) is 20.8 Å². The molecule has 74 valence electrons. The van der Waals surface area contributed by atoms with E-state index in [1.807, 2.05) is 0 Å². The van der Waals surface area contributed by atoms with Gasteiger partial charge < -0.3 is 9.84 Å². The summed E-state index contributed by atoms with van der Waals surface area (Å²) in [6, 6.07) is -1.44. The Labute approximate surface area is 76.1 Å². The van der Waals surface area contributed by atoms with Crippen molar-refractivity contribution in [1.82, 2.24) is 5.32 Å². The first-order valence-corrected chi connectivity index (χ1v) is 4.03. The number of esters is 1. The van der Waals surface area contributed by atoms with Crippen LogP contribution in [0.25, 0.3) is 0 Å². The molecule has 0 aromatic rings. The lowest BCUT2D eigenvalue weighted by atomic mass is 10.2. The molecule has 0 radical (unpaired) electrons. The highest BCUT2D eigenvalue weighted by Crippen LogP contribution is 2.17. The lowest BCUT2D eigenvalue weighted by molar-refractivity contribution is -0.155. The van der Waals surface area contributed by atoms with Gasteiger partial charge >= 0.3 is 11.9 Å². The van der Waals surface area contributed by atoms with Crippen molar-refractivity contribution in [3.8, 4) is 0 Å². The molecule has 1 saturated heterocycles. The molecule has 0 amide bonds. The molecule has 1 aliphatic heterocycles. The van der Waals surface area contributed by atoms with Crippen LogP contribution < -0.4 is 5.32 Å². The molecule has 5 heteroatoms. The van der Waals surface area contributed by atoms with Gasteiger partial charge in [-0.15, -0.1) is 0 Å². The lowest BCUT2D eigenvalue weighted by Gasteiger charge is -2.18. The molecule has 1 aliphatic rings. The van der Waals surface area contributed by atoms with E-state index in [1.54, 1.807) is 20.8 Å². The Bertz CT molecular complexity index is 243. The van der Waals surface area contributed by atoms with Gasteiger partial charge in [0.2, 0.25) is 0 Å². The summed E-state index contributed by atoms with van der Waals surface area (Å²) in [6.45, 7) is 5.22. The molecule has 0 aromatic heterocycles. The predicted octanol–water partition coefficient (Wildman–Crippen LogP) is -0.247. The molecule has 0 spiro atoms. The lowest BCUT2D eigenvalue weighted by Crippen LogP contribution is -2.28. The Morgan fingerprint density at radius 1 is 1.31 bits per heavy atom. The van der Waals surface area contributed by atoms with Gasteiger partial charge in [-0.25, -0.2) is 0 Å². The first kappa shape index (κ1) is 9.98. The number of hydrogen-bond acceptors (Lipinski definition) is 4. The van der Waals surface area contributed by atoms with Crippen LogP contribution in [0.3, 0.4) is 0 Å². The highest BCUT2D eigenvalue weighted by atomic mass is 16.6. The number of hydrogen-bond donors (Lipinski definition) is 2. The topological polar surface area (TPSA) is 85.5 Å². The van der Waals surface area contributed by atoms with E-state index in [1.165, 1.54) is 0 Å². The number of carboxylic acids is 1. The highest BCUT2D eigenvalue weighted by Gasteiger charge is 2.49. The standard InChI is InChI=1S/C8H13NO4/c1-8(2,3)13-7(12)5-4(9-5)6(10)11/h4-5,9H,1-3H3,(H,10,11)/t4-,5-/m1/s1. The summed E-state index contributed by atoms with van der Waals surface area (Å²) >= 11 is 0. The Balaban J connectivity index is 2.40. The van der Waals surface area contributed by atoms with E-state index in [2.05, 4.69) is 5.32 Å². The van der Waals surface area contributed by atoms with Crippen molar-refractivity contribution in [2.45, 2.75) is 38.5 Å². The van der Waals surface area contributed by atoms with Gasteiger partial charge in [0.15, 0.2) is 0 Å². The number of carbonyl (C=O) groups is 2. The summed E-state index contributed by atoms with van der Waals surface area (Å²) in [5.74, 6) is -1.52. The van der Waals surface area contributed by atoms with Gasteiger partial charge in [0.25, 0.3) is 0 Å². The van der Waals surface area contributed by atoms with Crippen LogP contribution in [0.5, 0.6) is 0 Å². The number of ether oxygens (including phenoxy) is 1. The monoisotopic (exact) mass is 187 g/mol. The van der Waals surface area contributed by atoms with Crippen molar-refractivity contribution in [1.29, 1.82) is 0 Å². The minimum Gasteiger partial charge on any atom is -0.480 e. The second kappa shape index (κ2) is 2.99. The quantitative estimate of drug-likeness (QED) is 0.460. The minimum absolute atomic E-state index is 0.500. The normalized spacial score (nSPS) is 26.7. The fourth-order valence-corrected chi connectivity index (χ4v) is 0.921. The van der Waals surface area contributed by atoms with Crippen LogP contribution in [0.15, 0.2) is 0 Å². The zero-order valence-electron chi connectivity index (χ0n) is 7.83. The first-order valence-electron chi connectivity index (χ1n) is 4.03. The van der Waals surface area contributed by atoms with Crippen molar-refractivity contribution >= 4 is 11.9 Å². The molecule has 13 heavy (non-hydrogen) atoms. The molecule has 2 N–H and O–H groups in total. The SMILES string of the molecule is CC(C)(C)OC(=O)[C@@H]1N[C@H]1C(=O)O. The van der Waals surface area contributed by atoms with Crippen molar-refractivity contribution < 1.29 is 19.4 Å². The molecule has 0 bridgehead atoms. The third kappa shape index (κ3) is 2.69. The van der Waals surface area contributed by atoms with Crippen LogP contribution in [-0.4, -0.2) is 34.7 Å². The zero-order valence-corrected chi connectivity index (χ0v) is 7.83. The van der Waals surface area contributed by atoms with Gasteiger partial charge in [-0.3, -0.25) is 14.9 Å². The van der Waals surface area contributed by atoms with E-state index in [0.717, 1.165) is 0 Å². The third-order valence-corrected chi connectivity index (χ3v) is 1.51. The Morgan fingerprint density at radius 2 is 1.85 bits per heavy atom. The maximum atomic E-state index is 11.2. The number of carbonyl (C=O) groups excluding carboxylic acids is 1. The van der Waals surface area contributed by atoms with Gasteiger partial charge in [-0.05, 0) is 20.8 Å². The molecular formula is C8H13NO4. The Morgan fingerprint density at radius 3 is 2.15 bits per heavy atom. The van der Waals surface area contributed by atoms with Crippen LogP contribution in [0, 0.1) is 0 Å². The van der Waals surface area contributed by atoms with Crippen molar-refractivity contribution in [3.05, 3.63) is 0 Å². The Kier molecular flexibility index (Phi) is 2.30. The van der Waals surface area contributed by atoms with E-state index in [-0.39, 0.29) is 0 Å². The van der Waals surface area contributed by atoms with Gasteiger partial charge in [-0.2, -0.15) is 0 Å². The van der Waals surface area contributed by atoms with E-state index in [0.29, 0.717) is 0 Å². The second-order valence-electron chi connectivity index (χ2n) is 3.99. The molecule has 1 fully saturated rings. The molecular weight excluding hydrogens is 174 g/mol. The highest BCUT2D eigenvalue weighted by molar-refractivity contribution is 5.92. The van der Waals surface area contributed by atoms with E-state index >= 15 is 0 Å². The minimum atomic E-state index is -1.02. The second-order valence-corrected chi connectivity index (χ2v) is 3.99. The summed E-state index contributed by atoms with van der Waals surface area (Å²) in [5.41, 5.74) is -0.565. The van der Waals surface area contributed by atoms with Gasteiger partial charge in [-0.1, -0.05) is 0 Å². The summed E-state index contributed by atoms with van der Waals surface area (Å²) < 4.78 is 4.98. The zero-order chi connectivity index (χ0) is 10.2. The van der Waals surface area contributed by atoms with Crippen molar-refractivity contribution in [2.24, 2.45) is 0 Å². The summed E-state index contributed by atoms with van der Waals surface area (Å²) in [6.07, 6.45) is 0. The van der Waals surface area contributed by atoms with Gasteiger partial charge in [0, 0.05) is 0 Å². The molecule has 0 unspecified atom stereocenters. The van der Waals surface area contributed by atoms with Crippen molar-refractivity contribution in [3.63, 3.8) is 0 Å². The molecule has 1 heterocycles. The average molecular weight is 187 g/mol. The van der Waals surface area contributed by atoms with Crippen molar-refractivity contribution in [2.75, 3.05) is 0 Å². The first-order chi connectivity index (χ1) is 5.81. The van der Waals surface area contributed by atoms with E-state index < -0.39 is 29.6 Å². The van der Waals surface area contributed by atoms with E-state index in [4.69, 9.17) is 9.84 Å². The molecule has 0 saturated carbocycles. The third-order valence-electron chi connectivity index (χ3n) is 1.51. The predicted molar refractivity (Wildman–Crippen MR) is 44.2 cm³/mol. The summed E-state index contributed by atoms with van der Waals surface area (Å²) in [4.78, 5) is 21.6.